The first-order valence-electron chi connectivity index (χ1n) is 12.5. The number of Topliss-reactive ketones (excluding diaryl/α,β-unsaturated/α-hetero) is 1. The first kappa shape index (κ1) is 26.1. The lowest BCUT2D eigenvalue weighted by molar-refractivity contribution is -0.140. The summed E-state index contributed by atoms with van der Waals surface area (Å²) < 4.78 is 16.9. The van der Waals surface area contributed by atoms with Gasteiger partial charge in [-0.3, -0.25) is 9.59 Å². The molecule has 1 fully saturated rings. The summed E-state index contributed by atoms with van der Waals surface area (Å²) in [7, 11) is 0. The lowest BCUT2D eigenvalue weighted by Gasteiger charge is -2.25. The number of nitrogens with zero attached hydrogens (tertiary/aromatic N) is 1. The number of carbonyl (C=O) groups is 2. The van der Waals surface area contributed by atoms with E-state index in [-0.39, 0.29) is 23.3 Å². The molecule has 4 rings (SSSR count). The van der Waals surface area contributed by atoms with Gasteiger partial charge in [-0.25, -0.2) is 0 Å². The number of likely N-dealkylation sites (tertiary alicyclic amines) is 1. The number of ether oxygens (including phenoxy) is 2. The first-order chi connectivity index (χ1) is 17.7. The fourth-order valence-electron chi connectivity index (χ4n) is 4.54. The molecule has 194 valence electrons. The van der Waals surface area contributed by atoms with Crippen LogP contribution in [-0.4, -0.2) is 34.9 Å². The molecule has 1 atom stereocenters. The normalized spacial score (nSPS) is 17.3. The number of hydrogen-bond donors (Lipinski definition) is 1. The molecule has 1 aromatic heterocycles. The van der Waals surface area contributed by atoms with E-state index in [1.807, 2.05) is 65.0 Å². The van der Waals surface area contributed by atoms with Crippen molar-refractivity contribution in [3.8, 4) is 11.5 Å². The molecule has 1 aliphatic heterocycles. The van der Waals surface area contributed by atoms with Gasteiger partial charge < -0.3 is 23.9 Å². The van der Waals surface area contributed by atoms with Crippen LogP contribution in [0.5, 0.6) is 11.5 Å². The number of aliphatic hydroxyl groups excluding tert-OH is 1. The topological polar surface area (TPSA) is 89.2 Å². The van der Waals surface area contributed by atoms with E-state index in [0.29, 0.717) is 30.3 Å². The van der Waals surface area contributed by atoms with E-state index in [2.05, 4.69) is 0 Å². The fourth-order valence-corrected chi connectivity index (χ4v) is 4.54. The summed E-state index contributed by atoms with van der Waals surface area (Å²) in [5.74, 6) is 0.136. The van der Waals surface area contributed by atoms with Crippen molar-refractivity contribution in [3.05, 3.63) is 88.9 Å². The van der Waals surface area contributed by atoms with Crippen LogP contribution in [-0.2, 0) is 21.5 Å². The Morgan fingerprint density at radius 2 is 1.70 bits per heavy atom. The number of amides is 1. The zero-order valence-electron chi connectivity index (χ0n) is 21.9. The molecular formula is C30H33NO6. The average molecular weight is 504 g/mol. The van der Waals surface area contributed by atoms with Gasteiger partial charge in [-0.2, -0.15) is 0 Å². The van der Waals surface area contributed by atoms with Crippen LogP contribution in [0.1, 0.15) is 63.1 Å². The molecule has 1 saturated heterocycles. The molecule has 0 radical (unpaired) electrons. The Hall–Kier alpha value is -4.00. The van der Waals surface area contributed by atoms with Crippen molar-refractivity contribution in [1.29, 1.82) is 0 Å². The number of furan rings is 1. The molecular weight excluding hydrogens is 470 g/mol. The number of aliphatic hydroxyl groups is 1. The zero-order chi connectivity index (χ0) is 26.7. The lowest BCUT2D eigenvalue weighted by Crippen LogP contribution is -2.29. The van der Waals surface area contributed by atoms with Crippen molar-refractivity contribution >= 4 is 17.4 Å². The van der Waals surface area contributed by atoms with E-state index in [0.717, 1.165) is 16.9 Å². The van der Waals surface area contributed by atoms with Gasteiger partial charge in [0.2, 0.25) is 0 Å². The number of benzene rings is 2. The predicted octanol–water partition coefficient (Wildman–Crippen LogP) is 6.00. The minimum Gasteiger partial charge on any atom is -0.507 e. The van der Waals surface area contributed by atoms with Crippen LogP contribution in [0, 0.1) is 0 Å². The largest absolute Gasteiger partial charge is 0.507 e. The van der Waals surface area contributed by atoms with Gasteiger partial charge in [0.25, 0.3) is 11.7 Å². The minimum absolute atomic E-state index is 0.00472. The Balaban J connectivity index is 1.79. The molecule has 2 heterocycles. The molecule has 1 aliphatic rings. The Bertz CT molecular complexity index is 1300. The molecule has 0 bridgehead atoms. The van der Waals surface area contributed by atoms with Crippen LogP contribution >= 0.6 is 0 Å². The molecule has 3 aromatic rings. The summed E-state index contributed by atoms with van der Waals surface area (Å²) in [6, 6.07) is 15.2. The zero-order valence-corrected chi connectivity index (χ0v) is 21.9. The van der Waals surface area contributed by atoms with Gasteiger partial charge in [-0.05, 0) is 67.3 Å². The van der Waals surface area contributed by atoms with Crippen molar-refractivity contribution in [2.24, 2.45) is 0 Å². The molecule has 1 N–H and O–H groups in total. The maximum Gasteiger partial charge on any atom is 0.296 e. The number of ketones is 1. The quantitative estimate of drug-likeness (QED) is 0.231. The summed E-state index contributed by atoms with van der Waals surface area (Å²) in [5, 5.41) is 11.4. The second-order valence-corrected chi connectivity index (χ2v) is 9.91. The van der Waals surface area contributed by atoms with Gasteiger partial charge in [-0.15, -0.1) is 0 Å². The molecule has 2 aromatic carbocycles. The molecule has 0 saturated carbocycles. The Morgan fingerprint density at radius 3 is 2.30 bits per heavy atom. The lowest BCUT2D eigenvalue weighted by atomic mass is 9.84. The first-order valence-corrected chi connectivity index (χ1v) is 12.5. The van der Waals surface area contributed by atoms with E-state index in [1.165, 1.54) is 11.2 Å². The highest BCUT2D eigenvalue weighted by Gasteiger charge is 2.47. The average Bonchev–Trinajstić information content (AvgIpc) is 3.48. The van der Waals surface area contributed by atoms with E-state index in [1.54, 1.807) is 24.3 Å². The number of hydrogen-bond acceptors (Lipinski definition) is 6. The Labute approximate surface area is 217 Å². The van der Waals surface area contributed by atoms with Crippen LogP contribution in [0.3, 0.4) is 0 Å². The maximum absolute atomic E-state index is 13.3. The molecule has 0 aliphatic carbocycles. The molecule has 7 heteroatoms. The van der Waals surface area contributed by atoms with Crippen LogP contribution in [0.2, 0.25) is 0 Å². The molecule has 0 spiro atoms. The minimum atomic E-state index is -0.869. The third-order valence-electron chi connectivity index (χ3n) is 6.30. The molecule has 7 nitrogen and oxygen atoms in total. The molecule has 1 amide bonds. The summed E-state index contributed by atoms with van der Waals surface area (Å²) in [6.45, 7) is 11.2. The van der Waals surface area contributed by atoms with Gasteiger partial charge in [-0.1, -0.05) is 32.9 Å². The van der Waals surface area contributed by atoms with E-state index in [4.69, 9.17) is 13.9 Å². The number of carbonyl (C=O) groups excluding carboxylic acids is 2. The molecule has 1 unspecified atom stereocenters. The third kappa shape index (κ3) is 5.26. The fraction of sp³-hybridized carbons (Fsp3) is 0.333. The van der Waals surface area contributed by atoms with Crippen LogP contribution < -0.4 is 9.47 Å². The second-order valence-electron chi connectivity index (χ2n) is 9.91. The van der Waals surface area contributed by atoms with Gasteiger partial charge >= 0.3 is 0 Å². The van der Waals surface area contributed by atoms with Crippen molar-refractivity contribution in [1.82, 2.24) is 4.90 Å². The summed E-state index contributed by atoms with van der Waals surface area (Å²) in [6.07, 6.45) is 1.49. The van der Waals surface area contributed by atoms with Gasteiger partial charge in [0.15, 0.2) is 0 Å². The monoisotopic (exact) mass is 503 g/mol. The van der Waals surface area contributed by atoms with Crippen LogP contribution in [0.4, 0.5) is 0 Å². The van der Waals surface area contributed by atoms with E-state index < -0.39 is 17.7 Å². The van der Waals surface area contributed by atoms with E-state index >= 15 is 0 Å². The van der Waals surface area contributed by atoms with Gasteiger partial charge in [0.1, 0.15) is 29.1 Å². The van der Waals surface area contributed by atoms with E-state index in [9.17, 15) is 14.7 Å². The van der Waals surface area contributed by atoms with Crippen LogP contribution in [0.25, 0.3) is 5.76 Å². The summed E-state index contributed by atoms with van der Waals surface area (Å²) in [4.78, 5) is 28.0. The Kier molecular flexibility index (Phi) is 7.43. The highest BCUT2D eigenvalue weighted by Crippen LogP contribution is 2.42. The van der Waals surface area contributed by atoms with Crippen molar-refractivity contribution in [2.75, 3.05) is 13.2 Å². The second kappa shape index (κ2) is 10.5. The highest BCUT2D eigenvalue weighted by atomic mass is 16.5. The Morgan fingerprint density at radius 1 is 1.00 bits per heavy atom. The third-order valence-corrected chi connectivity index (χ3v) is 6.30. The summed E-state index contributed by atoms with van der Waals surface area (Å²) in [5.41, 5.74) is 1.86. The number of rotatable bonds is 8. The maximum atomic E-state index is 13.3. The van der Waals surface area contributed by atoms with Crippen molar-refractivity contribution in [3.63, 3.8) is 0 Å². The SMILES string of the molecule is CCOc1ccc(CN2C(=O)C(=O)/C(=C(\O)c3ccc(OCC)c(C(C)(C)C)c3)C2c2ccco2)cc1. The standard InChI is InChI=1S/C30H33NO6/c1-6-35-21-13-10-19(11-14-21)18-31-26(24-9-8-16-37-24)25(28(33)29(31)34)27(32)20-12-15-23(36-7-2)22(17-20)30(3,4)5/h8-17,26,32H,6-7,18H2,1-5H3/b27-25-. The van der Waals surface area contributed by atoms with Gasteiger partial charge in [0.05, 0.1) is 25.1 Å². The smallest absolute Gasteiger partial charge is 0.296 e. The predicted molar refractivity (Wildman–Crippen MR) is 140 cm³/mol. The van der Waals surface area contributed by atoms with Crippen LogP contribution in [0.15, 0.2) is 70.9 Å². The summed E-state index contributed by atoms with van der Waals surface area (Å²) >= 11 is 0. The molecule has 37 heavy (non-hydrogen) atoms. The van der Waals surface area contributed by atoms with Crippen molar-refractivity contribution in [2.45, 2.75) is 52.6 Å². The highest BCUT2D eigenvalue weighted by molar-refractivity contribution is 6.46. The van der Waals surface area contributed by atoms with Crippen molar-refractivity contribution < 1.29 is 28.6 Å². The van der Waals surface area contributed by atoms with Gasteiger partial charge in [0, 0.05) is 17.7 Å².